The largest absolute Gasteiger partial charge is 0.292 e. The number of hydrogen-bond acceptors (Lipinski definition) is 1. The van der Waals surface area contributed by atoms with Gasteiger partial charge >= 0.3 is 0 Å². The molecule has 0 amide bonds. The molecule has 7 aromatic rings. The molecule has 0 atom stereocenters. The summed E-state index contributed by atoms with van der Waals surface area (Å²) in [7, 11) is 0. The highest BCUT2D eigenvalue weighted by Gasteiger charge is 2.15. The van der Waals surface area contributed by atoms with Crippen molar-refractivity contribution in [2.75, 3.05) is 0 Å². The minimum Gasteiger partial charge on any atom is -0.292 e. The van der Waals surface area contributed by atoms with Crippen molar-refractivity contribution in [3.8, 4) is 28.2 Å². The van der Waals surface area contributed by atoms with Crippen molar-refractivity contribution in [3.05, 3.63) is 133 Å². The smallest absolute Gasteiger partial charge is 0.145 e. The summed E-state index contributed by atoms with van der Waals surface area (Å²) in [5, 5.41) is 5.09. The molecule has 0 radical (unpaired) electrons. The van der Waals surface area contributed by atoms with Crippen LogP contribution in [0.25, 0.3) is 60.8 Å². The van der Waals surface area contributed by atoms with Crippen LogP contribution >= 0.6 is 0 Å². The van der Waals surface area contributed by atoms with Crippen LogP contribution in [0.3, 0.4) is 0 Å². The van der Waals surface area contributed by atoms with Crippen LogP contribution < -0.4 is 0 Å². The Bertz CT molecular complexity index is 1840. The number of rotatable bonds is 3. The third kappa shape index (κ3) is 3.31. The van der Waals surface area contributed by atoms with E-state index < -0.39 is 0 Å². The highest BCUT2D eigenvalue weighted by atomic mass is 15.1. The fraction of sp³-hybridized carbons (Fsp3) is 0. The van der Waals surface area contributed by atoms with Crippen LogP contribution in [0, 0.1) is 0 Å². The van der Waals surface area contributed by atoms with Gasteiger partial charge in [-0.2, -0.15) is 0 Å². The molecule has 0 saturated heterocycles. The molecule has 1 aromatic heterocycles. The average Bonchev–Trinajstić information content (AvgIpc) is 3.33. The molecule has 0 N–H and O–H groups in total. The van der Waals surface area contributed by atoms with E-state index in [1.807, 2.05) is 12.1 Å². The summed E-state index contributed by atoms with van der Waals surface area (Å²) in [6.45, 7) is 0. The van der Waals surface area contributed by atoms with Crippen LogP contribution in [-0.4, -0.2) is 9.55 Å². The summed E-state index contributed by atoms with van der Waals surface area (Å²) in [5.41, 5.74) is 6.70. The van der Waals surface area contributed by atoms with Gasteiger partial charge in [-0.05, 0) is 69.1 Å². The van der Waals surface area contributed by atoms with Gasteiger partial charge in [-0.25, -0.2) is 4.98 Å². The Labute approximate surface area is 203 Å². The van der Waals surface area contributed by atoms with Gasteiger partial charge in [0.15, 0.2) is 0 Å². The first kappa shape index (κ1) is 19.7. The van der Waals surface area contributed by atoms with Crippen LogP contribution in [0.4, 0.5) is 0 Å². The number of fused-ring (bicyclic) bond motifs is 4. The number of para-hydroxylation sites is 3. The predicted molar refractivity (Wildman–Crippen MR) is 147 cm³/mol. The van der Waals surface area contributed by atoms with Gasteiger partial charge in [0.25, 0.3) is 0 Å². The monoisotopic (exact) mass is 446 g/mol. The summed E-state index contributed by atoms with van der Waals surface area (Å²) in [6.07, 6.45) is 0. The molecule has 2 heteroatoms. The van der Waals surface area contributed by atoms with E-state index in [0.29, 0.717) is 0 Å². The summed E-state index contributed by atoms with van der Waals surface area (Å²) < 4.78 is 2.25. The van der Waals surface area contributed by atoms with Gasteiger partial charge in [0.2, 0.25) is 0 Å². The van der Waals surface area contributed by atoms with E-state index in [4.69, 9.17) is 4.98 Å². The molecule has 35 heavy (non-hydrogen) atoms. The summed E-state index contributed by atoms with van der Waals surface area (Å²) >= 11 is 0. The lowest BCUT2D eigenvalue weighted by atomic mass is 9.96. The Hall–Kier alpha value is -4.69. The maximum absolute atomic E-state index is 5.05. The molecule has 0 fully saturated rings. The molecule has 0 unspecified atom stereocenters. The average molecular weight is 447 g/mol. The van der Waals surface area contributed by atoms with Crippen LogP contribution in [-0.2, 0) is 0 Å². The Morgan fingerprint density at radius 1 is 0.457 bits per heavy atom. The molecular formula is C33H22N2. The van der Waals surface area contributed by atoms with Gasteiger partial charge in [0.1, 0.15) is 5.82 Å². The van der Waals surface area contributed by atoms with Crippen molar-refractivity contribution in [2.24, 2.45) is 0 Å². The molecule has 0 aliphatic rings. The fourth-order valence-electron chi connectivity index (χ4n) is 5.08. The van der Waals surface area contributed by atoms with E-state index >= 15 is 0 Å². The van der Waals surface area contributed by atoms with Crippen LogP contribution in [0.5, 0.6) is 0 Å². The number of nitrogens with zero attached hydrogens (tertiary/aromatic N) is 2. The number of benzene rings is 6. The van der Waals surface area contributed by atoms with E-state index in [9.17, 15) is 0 Å². The zero-order valence-corrected chi connectivity index (χ0v) is 19.1. The summed E-state index contributed by atoms with van der Waals surface area (Å²) in [6, 6.07) is 47.3. The lowest BCUT2D eigenvalue weighted by molar-refractivity contribution is 1.10. The maximum Gasteiger partial charge on any atom is 0.145 e. The van der Waals surface area contributed by atoms with E-state index in [1.165, 1.54) is 32.7 Å². The van der Waals surface area contributed by atoms with Gasteiger partial charge in [0, 0.05) is 11.3 Å². The second kappa shape index (κ2) is 7.96. The second-order valence-corrected chi connectivity index (χ2v) is 8.90. The highest BCUT2D eigenvalue weighted by Crippen LogP contribution is 2.33. The number of aromatic nitrogens is 2. The number of imidazole rings is 1. The standard InChI is InChI=1S/C33H22N2/c1-2-12-28(13-3-1)35-32-16-7-6-15-31(32)34-33(35)27-11-8-10-25(21-27)26-20-19-24-18-17-23-9-4-5-14-29(23)30(24)22-26/h1-22H. The van der Waals surface area contributed by atoms with Crippen molar-refractivity contribution in [2.45, 2.75) is 0 Å². The topological polar surface area (TPSA) is 17.8 Å². The Kier molecular flexibility index (Phi) is 4.49. The minimum atomic E-state index is 0.950. The van der Waals surface area contributed by atoms with E-state index in [0.717, 1.165) is 28.1 Å². The van der Waals surface area contributed by atoms with Crippen molar-refractivity contribution < 1.29 is 0 Å². The molecule has 0 spiro atoms. The van der Waals surface area contributed by atoms with E-state index in [2.05, 4.69) is 126 Å². The summed E-state index contributed by atoms with van der Waals surface area (Å²) in [5.74, 6) is 0.950. The molecule has 0 aliphatic heterocycles. The normalized spacial score (nSPS) is 11.4. The van der Waals surface area contributed by atoms with Gasteiger partial charge in [-0.1, -0.05) is 97.1 Å². The van der Waals surface area contributed by atoms with Crippen molar-refractivity contribution in [1.29, 1.82) is 0 Å². The van der Waals surface area contributed by atoms with Crippen molar-refractivity contribution in [1.82, 2.24) is 9.55 Å². The SMILES string of the molecule is c1ccc(-n2c(-c3cccc(-c4ccc5ccc6ccccc6c5c4)c3)nc3ccccc32)cc1. The van der Waals surface area contributed by atoms with E-state index in [1.54, 1.807) is 0 Å². The Morgan fingerprint density at radius 3 is 2.06 bits per heavy atom. The molecule has 7 rings (SSSR count). The van der Waals surface area contributed by atoms with Gasteiger partial charge in [0.05, 0.1) is 11.0 Å². The zero-order valence-electron chi connectivity index (χ0n) is 19.1. The van der Waals surface area contributed by atoms with Gasteiger partial charge < -0.3 is 0 Å². The van der Waals surface area contributed by atoms with Crippen molar-refractivity contribution in [3.63, 3.8) is 0 Å². The first-order chi connectivity index (χ1) is 17.3. The Balaban J connectivity index is 1.42. The molecule has 2 nitrogen and oxygen atoms in total. The maximum atomic E-state index is 5.05. The molecule has 1 heterocycles. The minimum absolute atomic E-state index is 0.950. The highest BCUT2D eigenvalue weighted by molar-refractivity contribution is 6.08. The quantitative estimate of drug-likeness (QED) is 0.248. The van der Waals surface area contributed by atoms with E-state index in [-0.39, 0.29) is 0 Å². The first-order valence-corrected chi connectivity index (χ1v) is 11.9. The third-order valence-electron chi connectivity index (χ3n) is 6.78. The number of hydrogen-bond donors (Lipinski definition) is 0. The second-order valence-electron chi connectivity index (χ2n) is 8.90. The first-order valence-electron chi connectivity index (χ1n) is 11.9. The van der Waals surface area contributed by atoms with Crippen molar-refractivity contribution >= 4 is 32.6 Å². The molecule has 0 aliphatic carbocycles. The van der Waals surface area contributed by atoms with Crippen LogP contribution in [0.1, 0.15) is 0 Å². The molecule has 0 saturated carbocycles. The molecule has 6 aromatic carbocycles. The molecule has 164 valence electrons. The van der Waals surface area contributed by atoms with Crippen LogP contribution in [0.15, 0.2) is 133 Å². The zero-order chi connectivity index (χ0) is 23.2. The van der Waals surface area contributed by atoms with Gasteiger partial charge in [-0.3, -0.25) is 4.57 Å². The van der Waals surface area contributed by atoms with Crippen LogP contribution in [0.2, 0.25) is 0 Å². The fourth-order valence-corrected chi connectivity index (χ4v) is 5.08. The lowest BCUT2D eigenvalue weighted by Gasteiger charge is -2.11. The predicted octanol–water partition coefficient (Wildman–Crippen LogP) is 8.67. The third-order valence-corrected chi connectivity index (χ3v) is 6.78. The lowest BCUT2D eigenvalue weighted by Crippen LogP contribution is -1.97. The van der Waals surface area contributed by atoms with Gasteiger partial charge in [-0.15, -0.1) is 0 Å². The molecular weight excluding hydrogens is 424 g/mol. The summed E-state index contributed by atoms with van der Waals surface area (Å²) in [4.78, 5) is 5.05. The molecule has 0 bridgehead atoms. The Morgan fingerprint density at radius 2 is 1.14 bits per heavy atom.